The molecule has 19 heavy (non-hydrogen) atoms. The summed E-state index contributed by atoms with van der Waals surface area (Å²) < 4.78 is 28.0. The fraction of sp³-hybridized carbons (Fsp3) is 1.00. The van der Waals surface area contributed by atoms with E-state index in [2.05, 4.69) is 10.0 Å². The smallest absolute Gasteiger partial charge is 0.215 e. The van der Waals surface area contributed by atoms with Gasteiger partial charge in [-0.05, 0) is 70.3 Å². The molecule has 4 rings (SSSR count). The van der Waals surface area contributed by atoms with Gasteiger partial charge in [0, 0.05) is 12.1 Å². The molecule has 5 heteroatoms. The van der Waals surface area contributed by atoms with Gasteiger partial charge in [-0.2, -0.15) is 0 Å². The molecule has 0 aromatic carbocycles. The van der Waals surface area contributed by atoms with E-state index < -0.39 is 10.0 Å². The minimum absolute atomic E-state index is 0.102. The van der Waals surface area contributed by atoms with Crippen molar-refractivity contribution in [2.24, 2.45) is 17.8 Å². The topological polar surface area (TPSA) is 58.2 Å². The predicted octanol–water partition coefficient (Wildman–Crippen LogP) is 1.48. The quantitative estimate of drug-likeness (QED) is 0.805. The van der Waals surface area contributed by atoms with E-state index in [9.17, 15) is 8.42 Å². The second-order valence-electron chi connectivity index (χ2n) is 7.21. The Morgan fingerprint density at radius 1 is 1.11 bits per heavy atom. The van der Waals surface area contributed by atoms with E-state index in [-0.39, 0.29) is 10.8 Å². The summed E-state index contributed by atoms with van der Waals surface area (Å²) in [6, 6.07) is 0. The third kappa shape index (κ3) is 2.57. The van der Waals surface area contributed by atoms with Crippen molar-refractivity contribution >= 4 is 10.0 Å². The largest absolute Gasteiger partial charge is 0.318 e. The molecule has 0 radical (unpaired) electrons. The summed E-state index contributed by atoms with van der Waals surface area (Å²) in [7, 11) is -1.40. The van der Waals surface area contributed by atoms with Gasteiger partial charge in [0.15, 0.2) is 0 Å². The Labute approximate surface area is 116 Å². The molecule has 1 atom stereocenters. The van der Waals surface area contributed by atoms with Gasteiger partial charge in [-0.1, -0.05) is 0 Å². The molecule has 4 fully saturated rings. The number of hydrogen-bond acceptors (Lipinski definition) is 3. The Kier molecular flexibility index (Phi) is 3.43. The van der Waals surface area contributed by atoms with Gasteiger partial charge in [0.2, 0.25) is 10.0 Å². The molecular weight excluding hydrogens is 260 g/mol. The van der Waals surface area contributed by atoms with Crippen molar-refractivity contribution in [1.82, 2.24) is 10.0 Å². The van der Waals surface area contributed by atoms with Crippen LogP contribution in [0.2, 0.25) is 0 Å². The summed E-state index contributed by atoms with van der Waals surface area (Å²) in [6.07, 6.45) is 7.24. The molecule has 1 unspecified atom stereocenters. The molecule has 0 saturated heterocycles. The average molecular weight is 286 g/mol. The molecule has 0 aromatic rings. The van der Waals surface area contributed by atoms with Crippen LogP contribution in [0.5, 0.6) is 0 Å². The third-order valence-electron chi connectivity index (χ3n) is 5.42. The van der Waals surface area contributed by atoms with E-state index in [1.807, 2.05) is 0 Å². The van der Waals surface area contributed by atoms with Crippen LogP contribution < -0.4 is 10.0 Å². The lowest BCUT2D eigenvalue weighted by molar-refractivity contribution is -0.00820. The maximum atomic E-state index is 12.5. The van der Waals surface area contributed by atoms with Crippen molar-refractivity contribution in [1.29, 1.82) is 0 Å². The monoisotopic (exact) mass is 286 g/mol. The first-order valence-corrected chi connectivity index (χ1v) is 9.14. The first-order chi connectivity index (χ1) is 8.92. The van der Waals surface area contributed by atoms with E-state index in [0.29, 0.717) is 6.54 Å². The average Bonchev–Trinajstić information content (AvgIpc) is 2.25. The highest BCUT2D eigenvalue weighted by atomic mass is 32.2. The maximum absolute atomic E-state index is 12.5. The van der Waals surface area contributed by atoms with Crippen LogP contribution in [0.1, 0.15) is 45.4 Å². The third-order valence-corrected chi connectivity index (χ3v) is 7.36. The summed E-state index contributed by atoms with van der Waals surface area (Å²) in [6.45, 7) is 2.31. The standard InChI is InChI=1S/C14H26N2O2S/c1-10(9-15-2)19(17,18)16-14-6-11-3-12(7-14)5-13(4-11)8-14/h10-13,15-16H,3-9H2,1-2H3. The Balaban J connectivity index is 1.76. The van der Waals surface area contributed by atoms with Crippen LogP contribution >= 0.6 is 0 Å². The van der Waals surface area contributed by atoms with E-state index >= 15 is 0 Å². The Bertz CT molecular complexity index is 411. The van der Waals surface area contributed by atoms with Crippen molar-refractivity contribution in [3.63, 3.8) is 0 Å². The van der Waals surface area contributed by atoms with Crippen LogP contribution in [0.25, 0.3) is 0 Å². The zero-order valence-corrected chi connectivity index (χ0v) is 12.8. The summed E-state index contributed by atoms with van der Waals surface area (Å²) >= 11 is 0. The second kappa shape index (κ2) is 4.71. The maximum Gasteiger partial charge on any atom is 0.215 e. The van der Waals surface area contributed by atoms with Crippen LogP contribution in [-0.2, 0) is 10.0 Å². The second-order valence-corrected chi connectivity index (χ2v) is 9.31. The summed E-state index contributed by atoms with van der Waals surface area (Å²) in [5.41, 5.74) is -0.102. The normalized spacial score (nSPS) is 42.5. The zero-order valence-electron chi connectivity index (χ0n) is 12.0. The molecule has 4 aliphatic carbocycles. The van der Waals surface area contributed by atoms with Gasteiger partial charge in [-0.25, -0.2) is 13.1 Å². The molecule has 0 spiro atoms. The molecule has 4 nitrogen and oxygen atoms in total. The molecule has 0 aromatic heterocycles. The number of hydrogen-bond donors (Lipinski definition) is 2. The zero-order chi connectivity index (χ0) is 13.7. The molecule has 4 aliphatic rings. The lowest BCUT2D eigenvalue weighted by Gasteiger charge is -2.56. The fourth-order valence-corrected chi connectivity index (χ4v) is 6.48. The molecular formula is C14H26N2O2S. The van der Waals surface area contributed by atoms with Gasteiger partial charge >= 0.3 is 0 Å². The molecule has 110 valence electrons. The first-order valence-electron chi connectivity index (χ1n) is 7.60. The summed E-state index contributed by atoms with van der Waals surface area (Å²) in [4.78, 5) is 0. The molecule has 0 aliphatic heterocycles. The van der Waals surface area contributed by atoms with Crippen molar-refractivity contribution < 1.29 is 8.42 Å². The first kappa shape index (κ1) is 13.8. The number of rotatable bonds is 5. The van der Waals surface area contributed by atoms with Crippen molar-refractivity contribution in [2.75, 3.05) is 13.6 Å². The van der Waals surface area contributed by atoms with Gasteiger partial charge in [-0.15, -0.1) is 0 Å². The fourth-order valence-electron chi connectivity index (χ4n) is 5.04. The van der Waals surface area contributed by atoms with Crippen LogP contribution in [0, 0.1) is 17.8 Å². The van der Waals surface area contributed by atoms with E-state index in [1.54, 1.807) is 14.0 Å². The molecule has 4 bridgehead atoms. The number of sulfonamides is 1. The Morgan fingerprint density at radius 3 is 2.00 bits per heavy atom. The lowest BCUT2D eigenvalue weighted by atomic mass is 9.53. The van der Waals surface area contributed by atoms with Gasteiger partial charge in [0.05, 0.1) is 5.25 Å². The highest BCUT2D eigenvalue weighted by Crippen LogP contribution is 2.55. The van der Waals surface area contributed by atoms with Crippen LogP contribution in [0.15, 0.2) is 0 Å². The van der Waals surface area contributed by atoms with Crippen LogP contribution in [-0.4, -0.2) is 32.8 Å². The van der Waals surface area contributed by atoms with Crippen LogP contribution in [0.4, 0.5) is 0 Å². The minimum Gasteiger partial charge on any atom is -0.318 e. The minimum atomic E-state index is -3.20. The van der Waals surface area contributed by atoms with Gasteiger partial charge in [-0.3, -0.25) is 0 Å². The van der Waals surface area contributed by atoms with Crippen molar-refractivity contribution in [3.8, 4) is 0 Å². The summed E-state index contributed by atoms with van der Waals surface area (Å²) in [5.74, 6) is 2.32. The van der Waals surface area contributed by atoms with Gasteiger partial charge < -0.3 is 5.32 Å². The van der Waals surface area contributed by atoms with E-state index in [4.69, 9.17) is 0 Å². The Morgan fingerprint density at radius 2 is 1.58 bits per heavy atom. The highest BCUT2D eigenvalue weighted by Gasteiger charge is 2.52. The molecule has 4 saturated carbocycles. The summed E-state index contributed by atoms with van der Waals surface area (Å²) in [5, 5.41) is 2.61. The van der Waals surface area contributed by atoms with Gasteiger partial charge in [0.1, 0.15) is 0 Å². The van der Waals surface area contributed by atoms with E-state index in [0.717, 1.165) is 37.0 Å². The van der Waals surface area contributed by atoms with E-state index in [1.165, 1.54) is 19.3 Å². The Hall–Kier alpha value is -0.130. The predicted molar refractivity (Wildman–Crippen MR) is 76.3 cm³/mol. The SMILES string of the molecule is CNCC(C)S(=O)(=O)NC12CC3CC(CC(C3)C1)C2. The van der Waals surface area contributed by atoms with Gasteiger partial charge in [0.25, 0.3) is 0 Å². The van der Waals surface area contributed by atoms with Crippen LogP contribution in [0.3, 0.4) is 0 Å². The number of nitrogens with one attached hydrogen (secondary N) is 2. The lowest BCUT2D eigenvalue weighted by Crippen LogP contribution is -2.61. The molecule has 0 amide bonds. The van der Waals surface area contributed by atoms with Crippen molar-refractivity contribution in [3.05, 3.63) is 0 Å². The van der Waals surface area contributed by atoms with Crippen molar-refractivity contribution in [2.45, 2.75) is 56.2 Å². The molecule has 0 heterocycles. The molecule has 2 N–H and O–H groups in total. The highest BCUT2D eigenvalue weighted by molar-refractivity contribution is 7.90.